The molecule has 0 aliphatic heterocycles. The van der Waals surface area contributed by atoms with Crippen molar-refractivity contribution in [2.45, 2.75) is 44.6 Å². The summed E-state index contributed by atoms with van der Waals surface area (Å²) < 4.78 is 1.06. The average Bonchev–Trinajstić information content (AvgIpc) is 2.35. The number of aliphatic hydroxyl groups is 1. The zero-order valence-corrected chi connectivity index (χ0v) is 12.2. The van der Waals surface area contributed by atoms with Crippen LogP contribution in [0.15, 0.2) is 28.7 Å². The monoisotopic (exact) mass is 299 g/mol. The molecule has 2 unspecified atom stereocenters. The van der Waals surface area contributed by atoms with E-state index >= 15 is 0 Å². The van der Waals surface area contributed by atoms with Gasteiger partial charge in [0.1, 0.15) is 0 Å². The van der Waals surface area contributed by atoms with Gasteiger partial charge in [-0.2, -0.15) is 0 Å². The highest BCUT2D eigenvalue weighted by atomic mass is 79.9. The minimum atomic E-state index is -0.118. The molecule has 1 rings (SSSR count). The van der Waals surface area contributed by atoms with E-state index in [1.807, 2.05) is 12.1 Å². The lowest BCUT2D eigenvalue weighted by Crippen LogP contribution is -2.45. The first-order chi connectivity index (χ1) is 8.10. The summed E-state index contributed by atoms with van der Waals surface area (Å²) in [5.74, 6) is 0. The Kier molecular flexibility index (Phi) is 5.63. The molecule has 3 N–H and O–H groups in total. The SMILES string of the molecule is CCC(N)C(CC)(CCO)c1cccc(Br)c1. The number of benzene rings is 1. The third-order valence-electron chi connectivity index (χ3n) is 3.74. The molecule has 1 aromatic rings. The summed E-state index contributed by atoms with van der Waals surface area (Å²) in [6.45, 7) is 4.42. The number of hydrogen-bond acceptors (Lipinski definition) is 2. The van der Waals surface area contributed by atoms with Crippen LogP contribution in [0, 0.1) is 0 Å². The molecule has 2 nitrogen and oxygen atoms in total. The van der Waals surface area contributed by atoms with E-state index in [0.717, 1.165) is 23.7 Å². The first-order valence-electron chi connectivity index (χ1n) is 6.23. The van der Waals surface area contributed by atoms with Gasteiger partial charge in [0.05, 0.1) is 0 Å². The maximum absolute atomic E-state index is 9.34. The molecule has 0 aliphatic carbocycles. The minimum Gasteiger partial charge on any atom is -0.396 e. The molecule has 2 atom stereocenters. The van der Waals surface area contributed by atoms with E-state index in [-0.39, 0.29) is 18.1 Å². The van der Waals surface area contributed by atoms with Crippen LogP contribution >= 0.6 is 15.9 Å². The zero-order chi connectivity index (χ0) is 12.9. The molecule has 0 spiro atoms. The highest BCUT2D eigenvalue weighted by Crippen LogP contribution is 2.36. The van der Waals surface area contributed by atoms with Gasteiger partial charge in [0.25, 0.3) is 0 Å². The second-order valence-electron chi connectivity index (χ2n) is 4.51. The van der Waals surface area contributed by atoms with Crippen molar-refractivity contribution in [2.75, 3.05) is 6.61 Å². The summed E-state index contributed by atoms with van der Waals surface area (Å²) in [5.41, 5.74) is 7.41. The summed E-state index contributed by atoms with van der Waals surface area (Å²) in [7, 11) is 0. The van der Waals surface area contributed by atoms with Crippen LogP contribution in [-0.4, -0.2) is 17.8 Å². The third kappa shape index (κ3) is 3.09. The topological polar surface area (TPSA) is 46.2 Å². The highest BCUT2D eigenvalue weighted by molar-refractivity contribution is 9.10. The number of rotatable bonds is 6. The van der Waals surface area contributed by atoms with Gasteiger partial charge in [0.15, 0.2) is 0 Å². The lowest BCUT2D eigenvalue weighted by molar-refractivity contribution is 0.206. The number of aliphatic hydroxyl groups excluding tert-OH is 1. The third-order valence-corrected chi connectivity index (χ3v) is 4.23. The largest absolute Gasteiger partial charge is 0.396 e. The molecular weight excluding hydrogens is 278 g/mol. The van der Waals surface area contributed by atoms with Crippen molar-refractivity contribution in [1.82, 2.24) is 0 Å². The molecule has 96 valence electrons. The van der Waals surface area contributed by atoms with Crippen molar-refractivity contribution in [3.63, 3.8) is 0 Å². The van der Waals surface area contributed by atoms with Crippen LogP contribution in [0.1, 0.15) is 38.7 Å². The summed E-state index contributed by atoms with van der Waals surface area (Å²) in [5, 5.41) is 9.34. The molecule has 3 heteroatoms. The molecule has 0 fully saturated rings. The fourth-order valence-electron chi connectivity index (χ4n) is 2.58. The summed E-state index contributed by atoms with van der Waals surface area (Å²) in [4.78, 5) is 0. The van der Waals surface area contributed by atoms with Gasteiger partial charge in [0.2, 0.25) is 0 Å². The van der Waals surface area contributed by atoms with E-state index in [1.165, 1.54) is 5.56 Å². The maximum atomic E-state index is 9.34. The van der Waals surface area contributed by atoms with Crippen LogP contribution in [0.4, 0.5) is 0 Å². The Balaban J connectivity index is 3.20. The van der Waals surface area contributed by atoms with Crippen LogP contribution in [0.2, 0.25) is 0 Å². The van der Waals surface area contributed by atoms with E-state index < -0.39 is 0 Å². The Morgan fingerprint density at radius 2 is 2.12 bits per heavy atom. The molecule has 0 aromatic heterocycles. The Labute approximate surface area is 112 Å². The van der Waals surface area contributed by atoms with Crippen molar-refractivity contribution >= 4 is 15.9 Å². The van der Waals surface area contributed by atoms with Gasteiger partial charge < -0.3 is 10.8 Å². The van der Waals surface area contributed by atoms with E-state index in [1.54, 1.807) is 0 Å². The van der Waals surface area contributed by atoms with Crippen molar-refractivity contribution in [3.05, 3.63) is 34.3 Å². The normalized spacial score (nSPS) is 16.5. The van der Waals surface area contributed by atoms with Crippen LogP contribution in [-0.2, 0) is 5.41 Å². The minimum absolute atomic E-state index is 0.0777. The van der Waals surface area contributed by atoms with Crippen molar-refractivity contribution in [3.8, 4) is 0 Å². The van der Waals surface area contributed by atoms with E-state index in [2.05, 4.69) is 41.9 Å². The predicted octanol–water partition coefficient (Wildman–Crippen LogP) is 3.22. The van der Waals surface area contributed by atoms with Crippen LogP contribution in [0.25, 0.3) is 0 Å². The Morgan fingerprint density at radius 3 is 2.59 bits per heavy atom. The molecule has 1 aromatic carbocycles. The number of hydrogen-bond donors (Lipinski definition) is 2. The quantitative estimate of drug-likeness (QED) is 0.847. The van der Waals surface area contributed by atoms with Crippen LogP contribution < -0.4 is 5.73 Å². The van der Waals surface area contributed by atoms with Gasteiger partial charge in [-0.1, -0.05) is 41.9 Å². The fraction of sp³-hybridized carbons (Fsp3) is 0.571. The zero-order valence-electron chi connectivity index (χ0n) is 10.6. The second-order valence-corrected chi connectivity index (χ2v) is 5.42. The van der Waals surface area contributed by atoms with E-state index in [0.29, 0.717) is 0 Å². The molecule has 0 radical (unpaired) electrons. The molecule has 0 bridgehead atoms. The smallest absolute Gasteiger partial charge is 0.0440 e. The molecule has 0 saturated heterocycles. The number of halogens is 1. The lowest BCUT2D eigenvalue weighted by Gasteiger charge is -2.38. The first kappa shape index (κ1) is 14.7. The maximum Gasteiger partial charge on any atom is 0.0440 e. The molecule has 0 amide bonds. The molecule has 0 saturated carbocycles. The Bertz CT molecular complexity index is 356. The van der Waals surface area contributed by atoms with Gasteiger partial charge in [-0.25, -0.2) is 0 Å². The average molecular weight is 300 g/mol. The number of nitrogens with two attached hydrogens (primary N) is 1. The summed E-state index contributed by atoms with van der Waals surface area (Å²) in [6, 6.07) is 8.35. The van der Waals surface area contributed by atoms with E-state index in [9.17, 15) is 5.11 Å². The van der Waals surface area contributed by atoms with Gasteiger partial charge in [0, 0.05) is 22.5 Å². The Morgan fingerprint density at radius 1 is 1.41 bits per heavy atom. The molecule has 0 aliphatic rings. The summed E-state index contributed by atoms with van der Waals surface area (Å²) in [6.07, 6.45) is 2.58. The fourth-order valence-corrected chi connectivity index (χ4v) is 2.97. The highest BCUT2D eigenvalue weighted by Gasteiger charge is 2.35. The van der Waals surface area contributed by atoms with Crippen LogP contribution in [0.5, 0.6) is 0 Å². The van der Waals surface area contributed by atoms with Gasteiger partial charge in [-0.15, -0.1) is 0 Å². The first-order valence-corrected chi connectivity index (χ1v) is 7.02. The Hall–Kier alpha value is -0.380. The van der Waals surface area contributed by atoms with Crippen LogP contribution in [0.3, 0.4) is 0 Å². The second kappa shape index (κ2) is 6.53. The van der Waals surface area contributed by atoms with Gasteiger partial charge >= 0.3 is 0 Å². The van der Waals surface area contributed by atoms with Crippen molar-refractivity contribution in [1.29, 1.82) is 0 Å². The van der Waals surface area contributed by atoms with Gasteiger partial charge in [-0.3, -0.25) is 0 Å². The molecule has 17 heavy (non-hydrogen) atoms. The lowest BCUT2D eigenvalue weighted by atomic mass is 9.69. The molecule has 0 heterocycles. The molecular formula is C14H22BrNO. The predicted molar refractivity (Wildman–Crippen MR) is 76.1 cm³/mol. The van der Waals surface area contributed by atoms with Crippen molar-refractivity contribution in [2.24, 2.45) is 5.73 Å². The standard InChI is InChI=1S/C14H22BrNO/c1-3-13(16)14(4-2,8-9-17)11-6-5-7-12(15)10-11/h5-7,10,13,17H,3-4,8-9,16H2,1-2H3. The summed E-state index contributed by atoms with van der Waals surface area (Å²) >= 11 is 3.50. The van der Waals surface area contributed by atoms with E-state index in [4.69, 9.17) is 5.73 Å². The van der Waals surface area contributed by atoms with Gasteiger partial charge in [-0.05, 0) is 37.0 Å². The van der Waals surface area contributed by atoms with Crippen molar-refractivity contribution < 1.29 is 5.11 Å².